The molecule has 0 saturated heterocycles. The molecule has 16 heavy (non-hydrogen) atoms. The number of benzene rings is 1. The van der Waals surface area contributed by atoms with Gasteiger partial charge in [-0.25, -0.2) is 0 Å². The minimum Gasteiger partial charge on any atom is -0.285 e. The molecule has 1 aromatic rings. The average molecular weight is 216 g/mol. The molecule has 0 fully saturated rings. The van der Waals surface area contributed by atoms with E-state index in [1.807, 2.05) is 20.9 Å². The minimum absolute atomic E-state index is 0.419. The standard InChI is InChI=1S/C14H20N2/c1-11-6-7-13(12(2)8-11)9-16(5)14(3,4)10-15/h6-8H,9H2,1-5H3. The van der Waals surface area contributed by atoms with E-state index in [9.17, 15) is 0 Å². The number of aryl methyl sites for hydroxylation is 2. The number of rotatable bonds is 3. The Kier molecular flexibility index (Phi) is 3.72. The van der Waals surface area contributed by atoms with Gasteiger partial charge in [-0.3, -0.25) is 4.90 Å². The zero-order chi connectivity index (χ0) is 12.3. The summed E-state index contributed by atoms with van der Waals surface area (Å²) in [4.78, 5) is 2.07. The van der Waals surface area contributed by atoms with Crippen LogP contribution < -0.4 is 0 Å². The molecule has 2 nitrogen and oxygen atoms in total. The molecule has 0 spiro atoms. The predicted molar refractivity (Wildman–Crippen MR) is 67.1 cm³/mol. The van der Waals surface area contributed by atoms with E-state index in [1.165, 1.54) is 16.7 Å². The smallest absolute Gasteiger partial charge is 0.103 e. The molecule has 86 valence electrons. The highest BCUT2D eigenvalue weighted by molar-refractivity contribution is 5.30. The van der Waals surface area contributed by atoms with Crippen LogP contribution in [0.15, 0.2) is 18.2 Å². The lowest BCUT2D eigenvalue weighted by atomic mass is 10.0. The quantitative estimate of drug-likeness (QED) is 0.776. The summed E-state index contributed by atoms with van der Waals surface area (Å²) < 4.78 is 0. The molecule has 0 aliphatic rings. The second-order valence-electron chi connectivity index (χ2n) is 4.96. The van der Waals surface area contributed by atoms with E-state index in [2.05, 4.69) is 43.0 Å². The van der Waals surface area contributed by atoms with Crippen molar-refractivity contribution >= 4 is 0 Å². The van der Waals surface area contributed by atoms with Crippen molar-refractivity contribution in [1.82, 2.24) is 4.90 Å². The number of hydrogen-bond acceptors (Lipinski definition) is 2. The fourth-order valence-corrected chi connectivity index (χ4v) is 1.56. The lowest BCUT2D eigenvalue weighted by Gasteiger charge is -2.29. The molecule has 0 radical (unpaired) electrons. The summed E-state index contributed by atoms with van der Waals surface area (Å²) in [6.45, 7) is 8.91. The van der Waals surface area contributed by atoms with Crippen LogP contribution in [0.5, 0.6) is 0 Å². The molecule has 0 unspecified atom stereocenters. The Bertz CT molecular complexity index is 413. The molecule has 1 rings (SSSR count). The largest absolute Gasteiger partial charge is 0.285 e. The number of nitrogens with zero attached hydrogens (tertiary/aromatic N) is 2. The lowest BCUT2D eigenvalue weighted by molar-refractivity contribution is 0.202. The molecule has 2 heteroatoms. The van der Waals surface area contributed by atoms with E-state index in [0.29, 0.717) is 0 Å². The topological polar surface area (TPSA) is 27.0 Å². The first-order valence-electron chi connectivity index (χ1n) is 5.55. The van der Waals surface area contributed by atoms with Crippen LogP contribution in [0.4, 0.5) is 0 Å². The van der Waals surface area contributed by atoms with Crippen molar-refractivity contribution in [2.75, 3.05) is 7.05 Å². The molecule has 0 N–H and O–H groups in total. The Labute approximate surface area is 98.5 Å². The van der Waals surface area contributed by atoms with Gasteiger partial charge in [0.2, 0.25) is 0 Å². The predicted octanol–water partition coefficient (Wildman–Crippen LogP) is 3.04. The van der Waals surface area contributed by atoms with Crippen LogP contribution in [0.3, 0.4) is 0 Å². The third-order valence-electron chi connectivity index (χ3n) is 3.13. The summed E-state index contributed by atoms with van der Waals surface area (Å²) >= 11 is 0. The fraction of sp³-hybridized carbons (Fsp3) is 0.500. The molecule has 0 atom stereocenters. The summed E-state index contributed by atoms with van der Waals surface area (Å²) in [7, 11) is 1.99. The van der Waals surface area contributed by atoms with Crippen molar-refractivity contribution < 1.29 is 0 Å². The molecule has 0 saturated carbocycles. The van der Waals surface area contributed by atoms with Crippen molar-refractivity contribution in [3.8, 4) is 6.07 Å². The molecule has 1 aromatic carbocycles. The van der Waals surface area contributed by atoms with E-state index in [4.69, 9.17) is 5.26 Å². The van der Waals surface area contributed by atoms with Gasteiger partial charge >= 0.3 is 0 Å². The van der Waals surface area contributed by atoms with Gasteiger partial charge in [0.05, 0.1) is 6.07 Å². The van der Waals surface area contributed by atoms with E-state index in [1.54, 1.807) is 0 Å². The second-order valence-corrected chi connectivity index (χ2v) is 4.96. The molecule has 0 aliphatic carbocycles. The number of hydrogen-bond donors (Lipinski definition) is 0. The fourth-order valence-electron chi connectivity index (χ4n) is 1.56. The zero-order valence-electron chi connectivity index (χ0n) is 10.8. The van der Waals surface area contributed by atoms with E-state index in [0.717, 1.165) is 6.54 Å². The van der Waals surface area contributed by atoms with Crippen molar-refractivity contribution in [2.24, 2.45) is 0 Å². The zero-order valence-corrected chi connectivity index (χ0v) is 10.8. The monoisotopic (exact) mass is 216 g/mol. The van der Waals surface area contributed by atoms with E-state index >= 15 is 0 Å². The van der Waals surface area contributed by atoms with Crippen LogP contribution in [0, 0.1) is 25.2 Å². The van der Waals surface area contributed by atoms with Crippen molar-refractivity contribution in [2.45, 2.75) is 39.8 Å². The van der Waals surface area contributed by atoms with Crippen LogP contribution in [0.1, 0.15) is 30.5 Å². The Morgan fingerprint density at radius 3 is 2.44 bits per heavy atom. The number of nitriles is 1. The Morgan fingerprint density at radius 2 is 1.94 bits per heavy atom. The highest BCUT2D eigenvalue weighted by Crippen LogP contribution is 2.17. The molecule has 0 bridgehead atoms. The van der Waals surface area contributed by atoms with Crippen molar-refractivity contribution in [3.63, 3.8) is 0 Å². The maximum absolute atomic E-state index is 9.06. The first-order chi connectivity index (χ1) is 7.36. The van der Waals surface area contributed by atoms with Crippen LogP contribution in [-0.2, 0) is 6.54 Å². The Hall–Kier alpha value is -1.33. The second kappa shape index (κ2) is 4.67. The van der Waals surface area contributed by atoms with Crippen LogP contribution in [0.25, 0.3) is 0 Å². The Balaban J connectivity index is 2.86. The van der Waals surface area contributed by atoms with Crippen molar-refractivity contribution in [1.29, 1.82) is 5.26 Å². The van der Waals surface area contributed by atoms with Crippen molar-refractivity contribution in [3.05, 3.63) is 34.9 Å². The molecule has 0 amide bonds. The minimum atomic E-state index is -0.419. The van der Waals surface area contributed by atoms with Crippen LogP contribution in [-0.4, -0.2) is 17.5 Å². The summed E-state index contributed by atoms with van der Waals surface area (Å²) in [5, 5.41) is 9.06. The Morgan fingerprint density at radius 1 is 1.31 bits per heavy atom. The first kappa shape index (κ1) is 12.7. The van der Waals surface area contributed by atoms with Gasteiger partial charge in [0.15, 0.2) is 0 Å². The maximum Gasteiger partial charge on any atom is 0.103 e. The van der Waals surface area contributed by atoms with Gasteiger partial charge in [0.1, 0.15) is 5.54 Å². The highest BCUT2D eigenvalue weighted by Gasteiger charge is 2.22. The molecule has 0 heterocycles. The van der Waals surface area contributed by atoms with Gasteiger partial charge in [-0.2, -0.15) is 5.26 Å². The van der Waals surface area contributed by atoms with Gasteiger partial charge in [0.25, 0.3) is 0 Å². The summed E-state index contributed by atoms with van der Waals surface area (Å²) in [6, 6.07) is 8.77. The first-order valence-corrected chi connectivity index (χ1v) is 5.55. The molecule has 0 aliphatic heterocycles. The SMILES string of the molecule is Cc1ccc(CN(C)C(C)(C)C#N)c(C)c1. The maximum atomic E-state index is 9.06. The summed E-state index contributed by atoms with van der Waals surface area (Å²) in [5.74, 6) is 0. The molecule has 0 aromatic heterocycles. The average Bonchev–Trinajstić information content (AvgIpc) is 2.22. The van der Waals surface area contributed by atoms with Gasteiger partial charge < -0.3 is 0 Å². The van der Waals surface area contributed by atoms with Crippen LogP contribution >= 0.6 is 0 Å². The van der Waals surface area contributed by atoms with E-state index < -0.39 is 5.54 Å². The summed E-state index contributed by atoms with van der Waals surface area (Å²) in [6.07, 6.45) is 0. The van der Waals surface area contributed by atoms with E-state index in [-0.39, 0.29) is 0 Å². The van der Waals surface area contributed by atoms with Gasteiger partial charge in [-0.1, -0.05) is 23.8 Å². The lowest BCUT2D eigenvalue weighted by Crippen LogP contribution is -2.39. The highest BCUT2D eigenvalue weighted by atomic mass is 15.2. The third-order valence-corrected chi connectivity index (χ3v) is 3.13. The van der Waals surface area contributed by atoms with Crippen LogP contribution in [0.2, 0.25) is 0 Å². The molecular formula is C14H20N2. The molecular weight excluding hydrogens is 196 g/mol. The third kappa shape index (κ3) is 2.84. The summed E-state index contributed by atoms with van der Waals surface area (Å²) in [5.41, 5.74) is 3.44. The van der Waals surface area contributed by atoms with Gasteiger partial charge in [-0.15, -0.1) is 0 Å². The normalized spacial score (nSPS) is 11.6. The van der Waals surface area contributed by atoms with Gasteiger partial charge in [-0.05, 0) is 45.9 Å². The van der Waals surface area contributed by atoms with Gasteiger partial charge in [0, 0.05) is 6.54 Å².